The molecule has 7 nitrogen and oxygen atoms in total. The zero-order valence-electron chi connectivity index (χ0n) is 19.1. The van der Waals surface area contributed by atoms with Gasteiger partial charge in [0, 0.05) is 39.9 Å². The minimum Gasteiger partial charge on any atom is -0.334 e. The number of benzene rings is 1. The van der Waals surface area contributed by atoms with Crippen LogP contribution >= 0.6 is 0 Å². The van der Waals surface area contributed by atoms with Gasteiger partial charge < -0.3 is 14.8 Å². The molecule has 1 fully saturated rings. The Balaban J connectivity index is 0.00000118. The molecule has 1 unspecified atom stereocenters. The average molecular weight is 446 g/mol. The number of nitrogens with one attached hydrogen (secondary N) is 1. The molecule has 8 heteroatoms. The Morgan fingerprint density at radius 3 is 2.71 bits per heavy atom. The van der Waals surface area contributed by atoms with Crippen molar-refractivity contribution in [3.8, 4) is 0 Å². The summed E-state index contributed by atoms with van der Waals surface area (Å²) >= 11 is 0. The number of aromatic nitrogens is 3. The lowest BCUT2D eigenvalue weighted by atomic mass is 10.0. The molecule has 3 heterocycles. The summed E-state index contributed by atoms with van der Waals surface area (Å²) in [6.07, 6.45) is 5.21. The number of hydrogen-bond acceptors (Lipinski definition) is 6. The third-order valence-electron chi connectivity index (χ3n) is 5.65. The molecule has 31 heavy (non-hydrogen) atoms. The van der Waals surface area contributed by atoms with Crippen LogP contribution in [0.25, 0.3) is 11.0 Å². The van der Waals surface area contributed by atoms with Gasteiger partial charge in [0.2, 0.25) is 0 Å². The normalized spacial score (nSPS) is 17.4. The first-order valence-electron chi connectivity index (χ1n) is 10.9. The number of anilines is 2. The first kappa shape index (κ1) is 23.2. The van der Waals surface area contributed by atoms with E-state index < -0.39 is 9.84 Å². The Bertz CT molecular complexity index is 1150. The molecule has 4 rings (SSSR count). The van der Waals surface area contributed by atoms with Crippen molar-refractivity contribution in [2.45, 2.75) is 46.2 Å². The number of aryl methyl sites for hydroxylation is 2. The molecule has 1 aliphatic heterocycles. The van der Waals surface area contributed by atoms with Gasteiger partial charge in [-0.05, 0) is 30.0 Å². The fraction of sp³-hybridized carbons (Fsp3) is 0.478. The lowest BCUT2D eigenvalue weighted by molar-refractivity contribution is 0.554. The Kier molecular flexibility index (Phi) is 7.33. The van der Waals surface area contributed by atoms with Gasteiger partial charge in [-0.1, -0.05) is 32.9 Å². The maximum Gasteiger partial charge on any atom is 0.151 e. The first-order chi connectivity index (χ1) is 14.9. The maximum atomic E-state index is 11.6. The molecular weight excluding hydrogens is 410 g/mol. The third kappa shape index (κ3) is 5.25. The summed E-state index contributed by atoms with van der Waals surface area (Å²) in [5.74, 6) is 1.41. The van der Waals surface area contributed by atoms with Crippen molar-refractivity contribution in [2.75, 3.05) is 23.5 Å². The Morgan fingerprint density at radius 2 is 2.03 bits per heavy atom. The molecule has 1 N–H and O–H groups in total. The Morgan fingerprint density at radius 1 is 1.26 bits per heavy atom. The number of nitrogens with zero attached hydrogens (tertiary/aromatic N) is 4. The van der Waals surface area contributed by atoms with E-state index in [1.165, 1.54) is 11.1 Å². The largest absolute Gasteiger partial charge is 0.334 e. The van der Waals surface area contributed by atoms with E-state index in [2.05, 4.69) is 51.4 Å². The summed E-state index contributed by atoms with van der Waals surface area (Å²) in [5.41, 5.74) is 5.45. The Hall–Kier alpha value is -2.45. The van der Waals surface area contributed by atoms with Crippen molar-refractivity contribution < 1.29 is 9.84 Å². The molecule has 1 atom stereocenters. The topological polar surface area (TPSA) is 80.1 Å². The van der Waals surface area contributed by atoms with Crippen molar-refractivity contribution in [2.24, 2.45) is 7.05 Å². The van der Waals surface area contributed by atoms with Crippen LogP contribution in [0.1, 0.15) is 39.7 Å². The molecule has 0 spiro atoms. The minimum absolute atomic E-state index is 0. The summed E-state index contributed by atoms with van der Waals surface area (Å²) in [5, 5.41) is 3.39. The molecule has 1 aliphatic rings. The van der Waals surface area contributed by atoms with E-state index in [-0.39, 0.29) is 13.2 Å². The second kappa shape index (κ2) is 9.78. The lowest BCUT2D eigenvalue weighted by Crippen LogP contribution is -2.29. The fourth-order valence-corrected chi connectivity index (χ4v) is 5.61. The summed E-state index contributed by atoms with van der Waals surface area (Å²) in [6, 6.07) is 8.53. The van der Waals surface area contributed by atoms with Crippen LogP contribution in [-0.2, 0) is 29.9 Å². The SMILES string of the molecule is CC.CCc1cc(CNC2CCS(=O)(=O)C2)ccc1N(C)c1cc2c(cn1)ncn2C.[HH]. The van der Waals surface area contributed by atoms with Gasteiger partial charge >= 0.3 is 0 Å². The average Bonchev–Trinajstić information content (AvgIpc) is 3.34. The van der Waals surface area contributed by atoms with Crippen LogP contribution in [-0.4, -0.2) is 47.5 Å². The number of fused-ring (bicyclic) bond motifs is 1. The highest BCUT2D eigenvalue weighted by atomic mass is 32.2. The van der Waals surface area contributed by atoms with Crippen molar-refractivity contribution in [1.29, 1.82) is 0 Å². The zero-order valence-corrected chi connectivity index (χ0v) is 19.9. The third-order valence-corrected chi connectivity index (χ3v) is 7.42. The van der Waals surface area contributed by atoms with Crippen LogP contribution in [0.15, 0.2) is 36.8 Å². The highest BCUT2D eigenvalue weighted by Crippen LogP contribution is 2.29. The van der Waals surface area contributed by atoms with Crippen LogP contribution < -0.4 is 10.2 Å². The van der Waals surface area contributed by atoms with E-state index >= 15 is 0 Å². The van der Waals surface area contributed by atoms with E-state index in [0.29, 0.717) is 18.7 Å². The van der Waals surface area contributed by atoms with Gasteiger partial charge in [0.05, 0.1) is 29.5 Å². The molecule has 2 aromatic heterocycles. The first-order valence-corrected chi connectivity index (χ1v) is 12.7. The molecule has 0 saturated carbocycles. The molecule has 170 valence electrons. The van der Waals surface area contributed by atoms with Crippen LogP contribution in [0.4, 0.5) is 11.5 Å². The van der Waals surface area contributed by atoms with Gasteiger partial charge in [0.25, 0.3) is 0 Å². The molecular formula is C23H35N5O2S. The number of pyridine rings is 1. The predicted octanol–water partition coefficient (Wildman–Crippen LogP) is 3.85. The molecule has 0 bridgehead atoms. The van der Waals surface area contributed by atoms with Crippen LogP contribution in [0.5, 0.6) is 0 Å². The van der Waals surface area contributed by atoms with Gasteiger partial charge in [-0.25, -0.2) is 18.4 Å². The van der Waals surface area contributed by atoms with Gasteiger partial charge in [-0.15, -0.1) is 0 Å². The number of sulfone groups is 1. The van der Waals surface area contributed by atoms with Crippen LogP contribution in [0.2, 0.25) is 0 Å². The fourth-order valence-electron chi connectivity index (χ4n) is 3.90. The number of rotatable bonds is 6. The summed E-state index contributed by atoms with van der Waals surface area (Å²) < 4.78 is 25.3. The molecule has 0 aliphatic carbocycles. The maximum absolute atomic E-state index is 11.6. The van der Waals surface area contributed by atoms with Crippen molar-refractivity contribution in [1.82, 2.24) is 19.9 Å². The second-order valence-corrected chi connectivity index (χ2v) is 9.97. The standard InChI is InChI=1S/C21H27N5O2S.C2H6.H2/c1-4-16-9-15(11-22-17-7-8-29(27,28)13-17)5-6-19(16)26(3)21-10-20-18(12-23-21)24-14-25(20)2;1-2;/h5-6,9-10,12,14,17,22H,4,7-8,11,13H2,1-3H3;1-2H3;1H. The Labute approximate surface area is 186 Å². The van der Waals surface area contributed by atoms with Gasteiger partial charge in [0.15, 0.2) is 9.84 Å². The molecule has 1 aromatic carbocycles. The van der Waals surface area contributed by atoms with Crippen molar-refractivity contribution >= 4 is 32.4 Å². The minimum atomic E-state index is -2.86. The van der Waals surface area contributed by atoms with E-state index in [4.69, 9.17) is 0 Å². The van der Waals surface area contributed by atoms with Gasteiger partial charge in [-0.3, -0.25) is 0 Å². The predicted molar refractivity (Wildman–Crippen MR) is 130 cm³/mol. The molecule has 3 aromatic rings. The van der Waals surface area contributed by atoms with Crippen molar-refractivity contribution in [3.05, 3.63) is 47.9 Å². The highest BCUT2D eigenvalue weighted by Gasteiger charge is 2.27. The highest BCUT2D eigenvalue weighted by molar-refractivity contribution is 7.91. The molecule has 0 radical (unpaired) electrons. The quantitative estimate of drug-likeness (QED) is 0.621. The van der Waals surface area contributed by atoms with Gasteiger partial charge in [0.1, 0.15) is 11.3 Å². The van der Waals surface area contributed by atoms with Gasteiger partial charge in [-0.2, -0.15) is 0 Å². The summed E-state index contributed by atoms with van der Waals surface area (Å²) in [4.78, 5) is 11.0. The summed E-state index contributed by atoms with van der Waals surface area (Å²) in [6.45, 7) is 6.82. The smallest absolute Gasteiger partial charge is 0.151 e. The monoisotopic (exact) mass is 445 g/mol. The lowest BCUT2D eigenvalue weighted by Gasteiger charge is -2.22. The van der Waals surface area contributed by atoms with E-state index in [0.717, 1.165) is 29.0 Å². The molecule has 0 amide bonds. The number of imidazole rings is 1. The van der Waals surface area contributed by atoms with Crippen LogP contribution in [0, 0.1) is 0 Å². The second-order valence-electron chi connectivity index (χ2n) is 7.74. The summed E-state index contributed by atoms with van der Waals surface area (Å²) in [7, 11) is 1.15. The van der Waals surface area contributed by atoms with Crippen molar-refractivity contribution in [3.63, 3.8) is 0 Å². The van der Waals surface area contributed by atoms with Crippen LogP contribution in [0.3, 0.4) is 0 Å². The number of hydrogen-bond donors (Lipinski definition) is 1. The van der Waals surface area contributed by atoms with E-state index in [1.54, 1.807) is 12.5 Å². The molecule has 1 saturated heterocycles. The zero-order chi connectivity index (χ0) is 22.6. The van der Waals surface area contributed by atoms with E-state index in [9.17, 15) is 8.42 Å². The van der Waals surface area contributed by atoms with E-state index in [1.807, 2.05) is 32.5 Å².